The third-order valence-corrected chi connectivity index (χ3v) is 0. The number of hydrogen-bond donors (Lipinski definition) is 0. The van der Waals surface area contributed by atoms with Crippen molar-refractivity contribution in [3.8, 4) is 0 Å². The van der Waals surface area contributed by atoms with Gasteiger partial charge in [-0.3, -0.25) is 0 Å². The summed E-state index contributed by atoms with van der Waals surface area (Å²) < 4.78 is 0. The summed E-state index contributed by atoms with van der Waals surface area (Å²) >= 11 is 0. The molecule has 0 spiro atoms. The van der Waals surface area contributed by atoms with E-state index in [9.17, 15) is 0 Å². The summed E-state index contributed by atoms with van der Waals surface area (Å²) in [6.45, 7) is 0. The maximum absolute atomic E-state index is 0. The SMILES string of the molecule is [O-2].[O-2].[O-2].[O-2].[O-2].[O-2].[Sr+2].[Sr+2].[Ti+4].[Ti+4]. The predicted octanol–water partition coefficient (Wildman–Crippen LogP) is -1.48. The normalized spacial score (nSPS) is 0. The number of rotatable bonds is 0. The van der Waals surface area contributed by atoms with Crippen LogP contribution in [0.4, 0.5) is 0 Å². The van der Waals surface area contributed by atoms with Crippen LogP contribution in [0.1, 0.15) is 0 Å². The largest absolute Gasteiger partial charge is 4.00 e. The van der Waals surface area contributed by atoms with E-state index < -0.39 is 0 Å². The van der Waals surface area contributed by atoms with Gasteiger partial charge in [0.15, 0.2) is 0 Å². The van der Waals surface area contributed by atoms with E-state index in [2.05, 4.69) is 0 Å². The summed E-state index contributed by atoms with van der Waals surface area (Å²) in [6.07, 6.45) is 0. The molecule has 0 aromatic rings. The molecule has 0 N–H and O–H groups in total. The van der Waals surface area contributed by atoms with Gasteiger partial charge in [0, 0.05) is 0 Å². The van der Waals surface area contributed by atoms with E-state index in [1.165, 1.54) is 0 Å². The predicted molar refractivity (Wildman–Crippen MR) is 15.6 cm³/mol. The maximum atomic E-state index is 0. The minimum absolute atomic E-state index is 0. The zero-order valence-corrected chi connectivity index (χ0v) is 14.9. The van der Waals surface area contributed by atoms with Crippen LogP contribution in [0.3, 0.4) is 0 Å². The average molecular weight is 367 g/mol. The van der Waals surface area contributed by atoms with E-state index >= 15 is 0 Å². The van der Waals surface area contributed by atoms with Gasteiger partial charge in [-0.2, -0.15) is 0 Å². The van der Waals surface area contributed by atoms with E-state index in [1.54, 1.807) is 0 Å². The molecule has 0 aliphatic carbocycles. The third-order valence-electron chi connectivity index (χ3n) is 0. The maximum Gasteiger partial charge on any atom is 4.00 e. The first-order valence-corrected chi connectivity index (χ1v) is 0. The molecule has 0 aliphatic rings. The topological polar surface area (TPSA) is 171 Å². The van der Waals surface area contributed by atoms with Crippen LogP contribution in [0.15, 0.2) is 0 Å². The summed E-state index contributed by atoms with van der Waals surface area (Å²) in [7, 11) is 0. The molecule has 0 heterocycles. The van der Waals surface area contributed by atoms with Crippen LogP contribution < -0.4 is 0 Å². The summed E-state index contributed by atoms with van der Waals surface area (Å²) in [5.74, 6) is 0. The molecule has 0 saturated carbocycles. The molecule has 48 valence electrons. The summed E-state index contributed by atoms with van der Waals surface area (Å²) in [4.78, 5) is 0. The van der Waals surface area contributed by atoms with Crippen molar-refractivity contribution in [2.24, 2.45) is 0 Å². The van der Waals surface area contributed by atoms with Gasteiger partial charge in [-0.1, -0.05) is 0 Å². The molecule has 0 unspecified atom stereocenters. The van der Waals surface area contributed by atoms with E-state index in [0.717, 1.165) is 0 Å². The van der Waals surface area contributed by atoms with Crippen molar-refractivity contribution < 1.29 is 76.3 Å². The van der Waals surface area contributed by atoms with Crippen molar-refractivity contribution in [2.75, 3.05) is 0 Å². The Morgan fingerprint density at radius 3 is 0.300 bits per heavy atom. The standard InChI is InChI=1S/6O.2Sr.2Ti/q6*-2;2*+2;2*+4. The minimum atomic E-state index is 0. The third kappa shape index (κ3) is 87.7. The summed E-state index contributed by atoms with van der Waals surface area (Å²) in [5.41, 5.74) is 0. The van der Waals surface area contributed by atoms with Crippen molar-refractivity contribution in [1.82, 2.24) is 0 Å². The molecule has 0 atom stereocenters. The Labute approximate surface area is 163 Å². The number of hydrogen-bond acceptors (Lipinski definition) is 0. The van der Waals surface area contributed by atoms with Crippen LogP contribution in [-0.4, -0.2) is 91.0 Å². The molecule has 0 fully saturated rings. The van der Waals surface area contributed by atoms with Gasteiger partial charge in [-0.05, 0) is 0 Å². The molecule has 10 heteroatoms. The molecule has 10 heavy (non-hydrogen) atoms. The molecule has 0 aliphatic heterocycles. The van der Waals surface area contributed by atoms with Crippen LogP contribution in [0.5, 0.6) is 0 Å². The van der Waals surface area contributed by atoms with Crippen LogP contribution in [0.2, 0.25) is 0 Å². The Morgan fingerprint density at radius 1 is 0.300 bits per heavy atom. The Bertz CT molecular complexity index is 13.7. The van der Waals surface area contributed by atoms with Gasteiger partial charge in [0.1, 0.15) is 0 Å². The van der Waals surface area contributed by atoms with Crippen molar-refractivity contribution in [1.29, 1.82) is 0 Å². The first kappa shape index (κ1) is 142. The zero-order chi connectivity index (χ0) is 0. The van der Waals surface area contributed by atoms with Crippen LogP contribution in [-0.2, 0) is 76.3 Å². The minimum Gasteiger partial charge on any atom is -2.00 e. The smallest absolute Gasteiger partial charge is 2.00 e. The molecular weight excluding hydrogens is 367 g/mol. The molecule has 6 nitrogen and oxygen atoms in total. The van der Waals surface area contributed by atoms with Crippen molar-refractivity contribution >= 4 is 91.0 Å². The van der Waals surface area contributed by atoms with Gasteiger partial charge in [0.2, 0.25) is 0 Å². The van der Waals surface area contributed by atoms with E-state index in [-0.39, 0.29) is 167 Å². The Hall–Kier alpha value is 4.15. The van der Waals surface area contributed by atoms with E-state index in [0.29, 0.717) is 0 Å². The fourth-order valence-electron chi connectivity index (χ4n) is 0. The molecule has 0 aromatic heterocycles. The molecule has 0 radical (unpaired) electrons. The van der Waals surface area contributed by atoms with Gasteiger partial charge < -0.3 is 32.9 Å². The fourth-order valence-corrected chi connectivity index (χ4v) is 0. The molecular formula is O6Sr2Ti2. The van der Waals surface area contributed by atoms with Crippen molar-refractivity contribution in [3.05, 3.63) is 0 Å². The molecule has 0 amide bonds. The van der Waals surface area contributed by atoms with Gasteiger partial charge in [-0.15, -0.1) is 0 Å². The Balaban J connectivity index is 0. The van der Waals surface area contributed by atoms with Gasteiger partial charge in [0.25, 0.3) is 0 Å². The quantitative estimate of drug-likeness (QED) is 0.455. The van der Waals surface area contributed by atoms with Crippen LogP contribution in [0, 0.1) is 0 Å². The van der Waals surface area contributed by atoms with Crippen LogP contribution in [0.25, 0.3) is 0 Å². The van der Waals surface area contributed by atoms with Crippen molar-refractivity contribution in [3.63, 3.8) is 0 Å². The molecule has 0 rings (SSSR count). The van der Waals surface area contributed by atoms with Gasteiger partial charge in [-0.25, -0.2) is 0 Å². The van der Waals surface area contributed by atoms with Gasteiger partial charge >= 0.3 is 134 Å². The van der Waals surface area contributed by atoms with Gasteiger partial charge in [0.05, 0.1) is 0 Å². The summed E-state index contributed by atoms with van der Waals surface area (Å²) in [6, 6.07) is 0. The first-order chi connectivity index (χ1) is 0. The molecule has 0 aromatic carbocycles. The Kier molecular flexibility index (Phi) is 1600. The second kappa shape index (κ2) is 113. The second-order valence-electron chi connectivity index (χ2n) is 0. The molecule has 0 bridgehead atoms. The fraction of sp³-hybridized carbons (Fsp3) is 0. The molecule has 0 saturated heterocycles. The van der Waals surface area contributed by atoms with E-state index in [4.69, 9.17) is 0 Å². The first-order valence-electron chi connectivity index (χ1n) is 0. The monoisotopic (exact) mass is 368 g/mol. The average Bonchev–Trinajstić information content (AvgIpc) is 0. The van der Waals surface area contributed by atoms with E-state index in [1.807, 2.05) is 0 Å². The van der Waals surface area contributed by atoms with Crippen molar-refractivity contribution in [2.45, 2.75) is 0 Å². The zero-order valence-electron chi connectivity index (χ0n) is 4.86. The van der Waals surface area contributed by atoms with Crippen LogP contribution >= 0.6 is 0 Å². The Morgan fingerprint density at radius 2 is 0.300 bits per heavy atom. The summed E-state index contributed by atoms with van der Waals surface area (Å²) in [5, 5.41) is 0. The second-order valence-corrected chi connectivity index (χ2v) is 0.